The fourth-order valence-electron chi connectivity index (χ4n) is 12.1. The van der Waals surface area contributed by atoms with Crippen molar-refractivity contribution in [1.82, 2.24) is 10.2 Å². The number of aliphatic hydroxyl groups is 2. The Morgan fingerprint density at radius 3 is 1.96 bits per heavy atom. The molecule has 4 saturated carbocycles. The van der Waals surface area contributed by atoms with Crippen molar-refractivity contribution in [3.63, 3.8) is 0 Å². The van der Waals surface area contributed by atoms with Gasteiger partial charge in [0.2, 0.25) is 11.8 Å². The zero-order valence-electron chi connectivity index (χ0n) is 35.6. The summed E-state index contributed by atoms with van der Waals surface area (Å²) in [7, 11) is 0. The Balaban J connectivity index is 0.929. The summed E-state index contributed by atoms with van der Waals surface area (Å²) >= 11 is 0. The van der Waals surface area contributed by atoms with Gasteiger partial charge in [-0.05, 0) is 155 Å². The highest BCUT2D eigenvalue weighted by molar-refractivity contribution is 5.78. The second-order valence-electron chi connectivity index (χ2n) is 18.8. The lowest BCUT2D eigenvalue weighted by Gasteiger charge is -2.62. The van der Waals surface area contributed by atoms with E-state index in [1.807, 2.05) is 4.90 Å². The van der Waals surface area contributed by atoms with E-state index in [9.17, 15) is 19.8 Å². The summed E-state index contributed by atoms with van der Waals surface area (Å²) in [6, 6.07) is 0.0511. The maximum atomic E-state index is 13.2. The minimum absolute atomic E-state index is 0.0511. The average molecular weight is 771 g/mol. The molecule has 0 radical (unpaired) electrons. The highest BCUT2D eigenvalue weighted by atomic mass is 16.3. The molecule has 1 unspecified atom stereocenters. The fourth-order valence-corrected chi connectivity index (χ4v) is 12.1. The standard InChI is InChI=1S/C50H78N2O4/c1-5-6-7-8-9-10-11-12-13-14-15-16-17-18-19-20-21-22-23-24-47(56)52-34-31-40(37-52)51-46(55)28-25-38(2)42-26-27-43-48-44(30-33-50(42,43)4)49(3)32-29-41(53)35-39(49)36-45(48)54/h6-7,9-10,12-13,15-16,18-19,21-22,38-45,48,53-54H,5,8,11,14,17,20,23-37H2,1-4H3,(H,51,55)/b7-6-,10-9-,13-12-,16-15-,19-18-,22-21-/t38-,39+,40-,41-,42?,43+,44+,45-,48+,49+,50-/m1/s1. The van der Waals surface area contributed by atoms with Gasteiger partial charge in [-0.15, -0.1) is 0 Å². The smallest absolute Gasteiger partial charge is 0.222 e. The lowest BCUT2D eigenvalue weighted by molar-refractivity contribution is -0.174. The minimum Gasteiger partial charge on any atom is -0.393 e. The maximum absolute atomic E-state index is 13.2. The van der Waals surface area contributed by atoms with Gasteiger partial charge in [-0.1, -0.05) is 101 Å². The van der Waals surface area contributed by atoms with Crippen LogP contribution in [0.25, 0.3) is 0 Å². The van der Waals surface area contributed by atoms with Gasteiger partial charge in [0.15, 0.2) is 0 Å². The summed E-state index contributed by atoms with van der Waals surface area (Å²) in [6.45, 7) is 10.9. The van der Waals surface area contributed by atoms with Gasteiger partial charge < -0.3 is 20.4 Å². The van der Waals surface area contributed by atoms with Crippen molar-refractivity contribution in [3.05, 3.63) is 72.9 Å². The van der Waals surface area contributed by atoms with Crippen LogP contribution < -0.4 is 5.32 Å². The molecule has 3 N–H and O–H groups in total. The molecule has 0 aromatic carbocycles. The first-order valence-corrected chi connectivity index (χ1v) is 22.9. The number of fused-ring (bicyclic) bond motifs is 5. The molecule has 6 nitrogen and oxygen atoms in total. The van der Waals surface area contributed by atoms with Gasteiger partial charge in [0.1, 0.15) is 0 Å². The van der Waals surface area contributed by atoms with Crippen LogP contribution in [0.15, 0.2) is 72.9 Å². The monoisotopic (exact) mass is 771 g/mol. The summed E-state index contributed by atoms with van der Waals surface area (Å²) in [6.07, 6.45) is 43.9. The van der Waals surface area contributed by atoms with Gasteiger partial charge >= 0.3 is 0 Å². The van der Waals surface area contributed by atoms with E-state index in [2.05, 4.69) is 106 Å². The van der Waals surface area contributed by atoms with Crippen molar-refractivity contribution in [2.24, 2.45) is 46.3 Å². The highest BCUT2D eigenvalue weighted by Gasteiger charge is 2.62. The van der Waals surface area contributed by atoms with E-state index in [1.54, 1.807) is 0 Å². The van der Waals surface area contributed by atoms with Gasteiger partial charge in [0.25, 0.3) is 0 Å². The third-order valence-electron chi connectivity index (χ3n) is 15.3. The zero-order chi connectivity index (χ0) is 40.0. The molecule has 1 saturated heterocycles. The van der Waals surface area contributed by atoms with E-state index in [0.29, 0.717) is 54.9 Å². The van der Waals surface area contributed by atoms with Crippen molar-refractivity contribution in [1.29, 1.82) is 0 Å². The van der Waals surface area contributed by atoms with Gasteiger partial charge in [0, 0.05) is 32.0 Å². The maximum Gasteiger partial charge on any atom is 0.222 e. The molecule has 0 aromatic heterocycles. The number of aliphatic hydroxyl groups excluding tert-OH is 2. The average Bonchev–Trinajstić information content (AvgIpc) is 3.79. The second kappa shape index (κ2) is 21.9. The van der Waals surface area contributed by atoms with E-state index in [0.717, 1.165) is 90.0 Å². The van der Waals surface area contributed by atoms with Gasteiger partial charge in [0.05, 0.1) is 12.2 Å². The van der Waals surface area contributed by atoms with Crippen LogP contribution in [-0.2, 0) is 9.59 Å². The molecule has 1 aliphatic heterocycles. The van der Waals surface area contributed by atoms with Crippen LogP contribution in [0.5, 0.6) is 0 Å². The van der Waals surface area contributed by atoms with Crippen LogP contribution in [0.3, 0.4) is 0 Å². The topological polar surface area (TPSA) is 89.9 Å². The van der Waals surface area contributed by atoms with Crippen molar-refractivity contribution in [2.45, 2.75) is 168 Å². The second-order valence-corrected chi connectivity index (χ2v) is 18.8. The number of likely N-dealkylation sites (tertiary alicyclic amines) is 1. The molecule has 5 aliphatic rings. The number of carbonyl (C=O) groups is 2. The SMILES string of the molecule is CC/C=C\C/C=C\C/C=C\C/C=C\C/C=C\C/C=C\CCC(=O)N1CC[C@@H](NC(=O)CC[C@@H](C)C2CC[C@H]3[C@@H]4[C@H](O)C[C@@H]5C[C@H](O)CC[C@]5(C)[C@H]4CC[C@]23C)C1. The molecule has 4 aliphatic carbocycles. The quantitative estimate of drug-likeness (QED) is 0.114. The number of rotatable bonds is 19. The number of hydrogen-bond donors (Lipinski definition) is 3. The van der Waals surface area contributed by atoms with Crippen molar-refractivity contribution in [2.75, 3.05) is 13.1 Å². The summed E-state index contributed by atoms with van der Waals surface area (Å²) in [5.41, 5.74) is 0.480. The first-order valence-electron chi connectivity index (χ1n) is 22.9. The van der Waals surface area contributed by atoms with Crippen molar-refractivity contribution in [3.8, 4) is 0 Å². The molecule has 56 heavy (non-hydrogen) atoms. The molecule has 312 valence electrons. The summed E-state index contributed by atoms with van der Waals surface area (Å²) in [5.74, 6) is 3.31. The normalized spacial score (nSPS) is 35.4. The van der Waals surface area contributed by atoms with Crippen LogP contribution in [-0.4, -0.2) is 58.3 Å². The number of allylic oxidation sites excluding steroid dienone is 12. The molecule has 0 bridgehead atoms. The van der Waals surface area contributed by atoms with Gasteiger partial charge in [-0.3, -0.25) is 9.59 Å². The third kappa shape index (κ3) is 11.7. The molecule has 5 fully saturated rings. The van der Waals surface area contributed by atoms with Crippen LogP contribution in [0.2, 0.25) is 0 Å². The summed E-state index contributed by atoms with van der Waals surface area (Å²) in [4.78, 5) is 28.0. The summed E-state index contributed by atoms with van der Waals surface area (Å²) in [5, 5.41) is 25.3. The first kappa shape index (κ1) is 44.4. The first-order chi connectivity index (χ1) is 27.1. The number of carbonyl (C=O) groups excluding carboxylic acids is 2. The Kier molecular flexibility index (Phi) is 17.4. The molecule has 11 atom stereocenters. The molecule has 0 aromatic rings. The molecular formula is C50H78N2O4. The Bertz CT molecular complexity index is 1430. The fraction of sp³-hybridized carbons (Fsp3) is 0.720. The Morgan fingerprint density at radius 2 is 1.32 bits per heavy atom. The summed E-state index contributed by atoms with van der Waals surface area (Å²) < 4.78 is 0. The predicted octanol–water partition coefficient (Wildman–Crippen LogP) is 10.6. The molecular weight excluding hydrogens is 693 g/mol. The van der Waals surface area contributed by atoms with Crippen LogP contribution in [0.1, 0.15) is 150 Å². The largest absolute Gasteiger partial charge is 0.393 e. The van der Waals surface area contributed by atoms with Crippen LogP contribution in [0, 0.1) is 46.3 Å². The molecule has 0 spiro atoms. The molecule has 5 rings (SSSR count). The van der Waals surface area contributed by atoms with E-state index in [1.165, 1.54) is 25.7 Å². The lowest BCUT2D eigenvalue weighted by atomic mass is 9.43. The van der Waals surface area contributed by atoms with Crippen LogP contribution in [0.4, 0.5) is 0 Å². The zero-order valence-corrected chi connectivity index (χ0v) is 35.6. The molecule has 2 amide bonds. The van der Waals surface area contributed by atoms with Crippen molar-refractivity contribution < 1.29 is 19.8 Å². The van der Waals surface area contributed by atoms with Crippen LogP contribution >= 0.6 is 0 Å². The number of hydrogen-bond acceptors (Lipinski definition) is 4. The Hall–Kier alpha value is -2.70. The van der Waals surface area contributed by atoms with Gasteiger partial charge in [-0.25, -0.2) is 0 Å². The predicted molar refractivity (Wildman–Crippen MR) is 232 cm³/mol. The van der Waals surface area contributed by atoms with Gasteiger partial charge in [-0.2, -0.15) is 0 Å². The third-order valence-corrected chi connectivity index (χ3v) is 15.3. The number of nitrogens with zero attached hydrogens (tertiary/aromatic N) is 1. The van der Waals surface area contributed by atoms with E-state index in [4.69, 9.17) is 0 Å². The Morgan fingerprint density at radius 1 is 0.732 bits per heavy atom. The molecule has 1 heterocycles. The molecule has 6 heteroatoms. The minimum atomic E-state index is -0.248. The Labute approximate surface area is 341 Å². The number of amides is 2. The van der Waals surface area contributed by atoms with E-state index < -0.39 is 0 Å². The number of nitrogens with one attached hydrogen (secondary N) is 1. The van der Waals surface area contributed by atoms with Crippen molar-refractivity contribution >= 4 is 11.8 Å². The highest BCUT2D eigenvalue weighted by Crippen LogP contribution is 2.68. The van der Waals surface area contributed by atoms with E-state index >= 15 is 0 Å². The van der Waals surface area contributed by atoms with E-state index in [-0.39, 0.29) is 40.9 Å². The lowest BCUT2D eigenvalue weighted by Crippen LogP contribution is -2.58.